The Kier molecular flexibility index (Phi) is 3.06. The molecule has 0 saturated carbocycles. The van der Waals surface area contributed by atoms with Gasteiger partial charge in [-0.15, -0.1) is 0 Å². The molecule has 0 unspecified atom stereocenters. The van der Waals surface area contributed by atoms with E-state index in [1.54, 1.807) is 0 Å². The lowest BCUT2D eigenvalue weighted by Crippen LogP contribution is -2.22. The fraction of sp³-hybridized carbons (Fsp3) is 0.467. The van der Waals surface area contributed by atoms with E-state index >= 15 is 0 Å². The van der Waals surface area contributed by atoms with Crippen LogP contribution in [0, 0.1) is 13.8 Å². The third-order valence-corrected chi connectivity index (χ3v) is 4.20. The molecule has 1 aliphatic rings. The number of hydrogen-bond donors (Lipinski definition) is 1. The topological polar surface area (TPSA) is 81.7 Å². The molecule has 7 nitrogen and oxygen atoms in total. The highest BCUT2D eigenvalue weighted by Crippen LogP contribution is 2.28. The van der Waals surface area contributed by atoms with E-state index in [0.717, 1.165) is 42.1 Å². The van der Waals surface area contributed by atoms with E-state index in [9.17, 15) is 0 Å². The van der Waals surface area contributed by atoms with Crippen molar-refractivity contribution in [1.82, 2.24) is 24.7 Å². The summed E-state index contributed by atoms with van der Waals surface area (Å²) < 4.78 is 7.45. The lowest BCUT2D eigenvalue weighted by atomic mass is 9.99. The molecule has 1 aliphatic heterocycles. The smallest absolute Gasteiger partial charge is 0.263 e. The van der Waals surface area contributed by atoms with Crippen LogP contribution in [0.25, 0.3) is 11.1 Å². The Morgan fingerprint density at radius 1 is 1.36 bits per heavy atom. The second kappa shape index (κ2) is 5.08. The molecule has 0 spiro atoms. The third kappa shape index (κ3) is 2.13. The van der Waals surface area contributed by atoms with Crippen molar-refractivity contribution >= 4 is 16.9 Å². The molecular weight excluding hydrogens is 280 g/mol. The summed E-state index contributed by atoms with van der Waals surface area (Å²) in [6, 6.07) is 0. The van der Waals surface area contributed by atoms with Gasteiger partial charge in [0.2, 0.25) is 0 Å². The average Bonchev–Trinajstić information content (AvgIpc) is 3.08. The van der Waals surface area contributed by atoms with Gasteiger partial charge in [-0.3, -0.25) is 0 Å². The normalized spacial score (nSPS) is 17.6. The molecule has 3 aromatic heterocycles. The van der Waals surface area contributed by atoms with Crippen molar-refractivity contribution in [1.29, 1.82) is 0 Å². The molecule has 1 N–H and O–H groups in total. The third-order valence-electron chi connectivity index (χ3n) is 4.20. The van der Waals surface area contributed by atoms with Gasteiger partial charge in [0.1, 0.15) is 23.4 Å². The number of aromatic nitrogens is 5. The number of nitrogens with zero attached hydrogens (tertiary/aromatic N) is 5. The lowest BCUT2D eigenvalue weighted by Gasteiger charge is -2.23. The molecule has 4 rings (SSSR count). The van der Waals surface area contributed by atoms with Crippen molar-refractivity contribution in [3.63, 3.8) is 0 Å². The second-order valence-electron chi connectivity index (χ2n) is 5.82. The molecule has 0 amide bonds. The van der Waals surface area contributed by atoms with Gasteiger partial charge in [0.25, 0.3) is 5.71 Å². The largest absolute Gasteiger partial charge is 0.369 e. The van der Waals surface area contributed by atoms with Crippen LogP contribution in [0.2, 0.25) is 0 Å². The Morgan fingerprint density at radius 2 is 2.27 bits per heavy atom. The van der Waals surface area contributed by atoms with E-state index in [0.29, 0.717) is 11.6 Å². The van der Waals surface area contributed by atoms with Gasteiger partial charge in [0.15, 0.2) is 0 Å². The summed E-state index contributed by atoms with van der Waals surface area (Å²) in [6.45, 7) is 5.81. The quantitative estimate of drug-likeness (QED) is 0.799. The number of rotatable bonds is 3. The van der Waals surface area contributed by atoms with E-state index < -0.39 is 0 Å². The predicted molar refractivity (Wildman–Crippen MR) is 81.8 cm³/mol. The summed E-state index contributed by atoms with van der Waals surface area (Å²) in [6.07, 6.45) is 5.96. The van der Waals surface area contributed by atoms with E-state index in [2.05, 4.69) is 36.2 Å². The van der Waals surface area contributed by atoms with Gasteiger partial charge >= 0.3 is 0 Å². The highest BCUT2D eigenvalue weighted by molar-refractivity contribution is 5.87. The van der Waals surface area contributed by atoms with Gasteiger partial charge in [-0.05, 0) is 26.7 Å². The highest BCUT2D eigenvalue weighted by Gasteiger charge is 2.23. The average molecular weight is 298 g/mol. The molecule has 0 bridgehead atoms. The molecule has 114 valence electrons. The number of fused-ring (bicyclic) bond motifs is 2. The Morgan fingerprint density at radius 3 is 3.18 bits per heavy atom. The standard InChI is InChI=1S/C15H18N6O/c1-9-7-21-5-3-4-11(14(21)19-9)6-16-13-12-10(2)20-22-15(12)18-8-17-13/h7-8,11H,3-6H2,1-2H3,(H,16,17,18)/t11-/m0/s1. The summed E-state index contributed by atoms with van der Waals surface area (Å²) in [4.78, 5) is 13.1. The summed E-state index contributed by atoms with van der Waals surface area (Å²) in [5, 5.41) is 8.25. The van der Waals surface area contributed by atoms with Crippen molar-refractivity contribution in [3.05, 3.63) is 29.7 Å². The molecule has 3 aromatic rings. The van der Waals surface area contributed by atoms with Crippen LogP contribution in [0.4, 0.5) is 5.82 Å². The van der Waals surface area contributed by atoms with E-state index in [4.69, 9.17) is 4.52 Å². The number of hydrogen-bond acceptors (Lipinski definition) is 6. The Bertz CT molecular complexity index is 821. The predicted octanol–water partition coefficient (Wildman–Crippen LogP) is 2.42. The fourth-order valence-electron chi connectivity index (χ4n) is 3.18. The van der Waals surface area contributed by atoms with E-state index in [1.165, 1.54) is 18.6 Å². The first-order valence-electron chi connectivity index (χ1n) is 7.57. The molecule has 0 aromatic carbocycles. The zero-order chi connectivity index (χ0) is 15.1. The highest BCUT2D eigenvalue weighted by atomic mass is 16.5. The van der Waals surface area contributed by atoms with Crippen LogP contribution in [0.15, 0.2) is 17.0 Å². The fourth-order valence-corrected chi connectivity index (χ4v) is 3.18. The molecule has 4 heterocycles. The van der Waals surface area contributed by atoms with Crippen molar-refractivity contribution in [3.8, 4) is 0 Å². The summed E-state index contributed by atoms with van der Waals surface area (Å²) >= 11 is 0. The Labute approximate surface area is 127 Å². The first-order chi connectivity index (χ1) is 10.7. The first kappa shape index (κ1) is 13.2. The number of aryl methyl sites for hydroxylation is 3. The van der Waals surface area contributed by atoms with Gasteiger partial charge in [0.05, 0.1) is 11.4 Å². The lowest BCUT2D eigenvalue weighted by molar-refractivity contribution is 0.442. The summed E-state index contributed by atoms with van der Waals surface area (Å²) in [5.41, 5.74) is 2.41. The van der Waals surface area contributed by atoms with Crippen LogP contribution in [-0.2, 0) is 6.54 Å². The maximum atomic E-state index is 5.18. The number of nitrogens with one attached hydrogen (secondary N) is 1. The van der Waals surface area contributed by atoms with Gasteiger partial charge in [-0.25, -0.2) is 9.97 Å². The number of anilines is 1. The van der Waals surface area contributed by atoms with E-state index in [-0.39, 0.29) is 0 Å². The molecule has 0 radical (unpaired) electrons. The van der Waals surface area contributed by atoms with E-state index in [1.807, 2.05) is 13.8 Å². The van der Waals surface area contributed by atoms with Crippen LogP contribution >= 0.6 is 0 Å². The van der Waals surface area contributed by atoms with Crippen LogP contribution in [0.1, 0.15) is 36.0 Å². The Balaban J connectivity index is 1.59. The van der Waals surface area contributed by atoms with Crippen LogP contribution in [0.5, 0.6) is 0 Å². The second-order valence-corrected chi connectivity index (χ2v) is 5.82. The molecule has 0 fully saturated rings. The molecular formula is C15H18N6O. The number of imidazole rings is 1. The van der Waals surface area contributed by atoms with Crippen LogP contribution < -0.4 is 5.32 Å². The molecule has 0 saturated heterocycles. The zero-order valence-electron chi connectivity index (χ0n) is 12.7. The zero-order valence-corrected chi connectivity index (χ0v) is 12.7. The van der Waals surface area contributed by atoms with Crippen molar-refractivity contribution in [2.75, 3.05) is 11.9 Å². The maximum Gasteiger partial charge on any atom is 0.263 e. The SMILES string of the molecule is Cc1cn2c(n1)[C@H](CNc1ncnc3onc(C)c13)CCC2. The summed E-state index contributed by atoms with van der Waals surface area (Å²) in [5.74, 6) is 2.35. The maximum absolute atomic E-state index is 5.18. The minimum atomic E-state index is 0.396. The van der Waals surface area contributed by atoms with Gasteiger partial charge in [0, 0.05) is 25.2 Å². The van der Waals surface area contributed by atoms with Gasteiger partial charge in [-0.1, -0.05) is 5.16 Å². The van der Waals surface area contributed by atoms with Crippen molar-refractivity contribution in [2.45, 2.75) is 39.2 Å². The first-order valence-corrected chi connectivity index (χ1v) is 7.57. The van der Waals surface area contributed by atoms with Crippen molar-refractivity contribution in [2.24, 2.45) is 0 Å². The molecule has 22 heavy (non-hydrogen) atoms. The van der Waals surface area contributed by atoms with Gasteiger partial charge < -0.3 is 14.4 Å². The Hall–Kier alpha value is -2.44. The van der Waals surface area contributed by atoms with Crippen LogP contribution in [0.3, 0.4) is 0 Å². The molecule has 7 heteroatoms. The monoisotopic (exact) mass is 298 g/mol. The molecule has 0 aliphatic carbocycles. The van der Waals surface area contributed by atoms with Crippen LogP contribution in [-0.4, -0.2) is 31.2 Å². The molecule has 1 atom stereocenters. The minimum Gasteiger partial charge on any atom is -0.369 e. The minimum absolute atomic E-state index is 0.396. The van der Waals surface area contributed by atoms with Crippen molar-refractivity contribution < 1.29 is 4.52 Å². The summed E-state index contributed by atoms with van der Waals surface area (Å²) in [7, 11) is 0. The van der Waals surface area contributed by atoms with Gasteiger partial charge in [-0.2, -0.15) is 4.98 Å².